The molecule has 7 heteroatoms. The Morgan fingerprint density at radius 2 is 1.69 bits per heavy atom. The highest BCUT2D eigenvalue weighted by Crippen LogP contribution is 2.21. The molecule has 2 heterocycles. The minimum absolute atomic E-state index is 0.100. The quantitative estimate of drug-likeness (QED) is 0.468. The van der Waals surface area contributed by atoms with Gasteiger partial charge in [0.15, 0.2) is 11.5 Å². The van der Waals surface area contributed by atoms with Gasteiger partial charge in [-0.15, -0.1) is 0 Å². The molecule has 32 heavy (non-hydrogen) atoms. The Balaban J connectivity index is 1.50. The van der Waals surface area contributed by atoms with Crippen molar-refractivity contribution in [2.45, 2.75) is 19.5 Å². The van der Waals surface area contributed by atoms with Gasteiger partial charge in [-0.1, -0.05) is 65.3 Å². The summed E-state index contributed by atoms with van der Waals surface area (Å²) in [6, 6.07) is 21.1. The van der Waals surface area contributed by atoms with E-state index in [2.05, 4.69) is 20.8 Å². The third-order valence-corrected chi connectivity index (χ3v) is 4.97. The molecule has 0 radical (unpaired) electrons. The third kappa shape index (κ3) is 5.07. The summed E-state index contributed by atoms with van der Waals surface area (Å²) in [6.45, 7) is 2.31. The van der Waals surface area contributed by atoms with E-state index in [1.165, 1.54) is 0 Å². The van der Waals surface area contributed by atoms with Crippen molar-refractivity contribution in [1.29, 1.82) is 0 Å². The van der Waals surface area contributed by atoms with Crippen molar-refractivity contribution in [2.75, 3.05) is 0 Å². The maximum absolute atomic E-state index is 13.0. The van der Waals surface area contributed by atoms with Crippen LogP contribution in [0.1, 0.15) is 33.2 Å². The average molecular weight is 426 g/mol. The summed E-state index contributed by atoms with van der Waals surface area (Å²) in [5.74, 6) is -0.350. The van der Waals surface area contributed by atoms with E-state index >= 15 is 0 Å². The minimum Gasteiger partial charge on any atom is -0.355 e. The molecule has 0 spiro atoms. The monoisotopic (exact) mass is 426 g/mol. The molecule has 0 saturated carbocycles. The van der Waals surface area contributed by atoms with Crippen molar-refractivity contribution in [1.82, 2.24) is 20.8 Å². The Morgan fingerprint density at radius 1 is 0.969 bits per heavy atom. The molecule has 0 aliphatic heterocycles. The first-order valence-corrected chi connectivity index (χ1v) is 10.2. The van der Waals surface area contributed by atoms with E-state index in [1.54, 1.807) is 30.6 Å². The van der Waals surface area contributed by atoms with Gasteiger partial charge in [-0.05, 0) is 30.2 Å². The first kappa shape index (κ1) is 21.0. The highest BCUT2D eigenvalue weighted by molar-refractivity contribution is 5.97. The zero-order valence-corrected chi connectivity index (χ0v) is 17.5. The molecule has 2 N–H and O–H groups in total. The number of aryl methyl sites for hydroxylation is 1. The lowest BCUT2D eigenvalue weighted by Crippen LogP contribution is -2.40. The second-order valence-corrected chi connectivity index (χ2v) is 7.33. The summed E-state index contributed by atoms with van der Waals surface area (Å²) in [7, 11) is 0. The molecule has 2 aromatic carbocycles. The number of hydrogen-bond acceptors (Lipinski definition) is 5. The second kappa shape index (κ2) is 9.70. The second-order valence-electron chi connectivity index (χ2n) is 7.33. The molecule has 0 bridgehead atoms. The van der Waals surface area contributed by atoms with Gasteiger partial charge in [-0.3, -0.25) is 14.6 Å². The van der Waals surface area contributed by atoms with E-state index in [-0.39, 0.29) is 11.6 Å². The van der Waals surface area contributed by atoms with E-state index < -0.39 is 11.9 Å². The van der Waals surface area contributed by atoms with Crippen LogP contribution in [0, 0.1) is 6.92 Å². The molecule has 0 fully saturated rings. The maximum Gasteiger partial charge on any atom is 0.274 e. The zero-order valence-electron chi connectivity index (χ0n) is 17.5. The van der Waals surface area contributed by atoms with Gasteiger partial charge in [0.25, 0.3) is 5.91 Å². The molecular weight excluding hydrogens is 404 g/mol. The number of nitrogens with zero attached hydrogens (tertiary/aromatic N) is 2. The van der Waals surface area contributed by atoms with E-state index in [9.17, 15) is 9.59 Å². The first-order valence-electron chi connectivity index (χ1n) is 10.2. The molecule has 4 aromatic rings. The van der Waals surface area contributed by atoms with Crippen LogP contribution in [0.2, 0.25) is 0 Å². The van der Waals surface area contributed by atoms with Crippen LogP contribution >= 0.6 is 0 Å². The fourth-order valence-electron chi connectivity index (χ4n) is 3.18. The molecule has 4 rings (SSSR count). The molecule has 0 aliphatic rings. The van der Waals surface area contributed by atoms with Gasteiger partial charge in [-0.2, -0.15) is 0 Å². The van der Waals surface area contributed by atoms with E-state index in [1.807, 2.05) is 61.5 Å². The highest BCUT2D eigenvalue weighted by atomic mass is 16.5. The third-order valence-electron chi connectivity index (χ3n) is 4.97. The number of amides is 2. The summed E-state index contributed by atoms with van der Waals surface area (Å²) in [5.41, 5.74) is 3.61. The SMILES string of the molecule is Cc1ccc(-c2cc(C(=O)NC(C(=O)NCc3ccncc3)c3ccccc3)no2)cc1. The topological polar surface area (TPSA) is 97.1 Å². The lowest BCUT2D eigenvalue weighted by molar-refractivity contribution is -0.123. The Bertz CT molecular complexity index is 1190. The Morgan fingerprint density at radius 3 is 2.41 bits per heavy atom. The van der Waals surface area contributed by atoms with Crippen molar-refractivity contribution in [3.05, 3.63) is 108 Å². The normalized spacial score (nSPS) is 11.5. The molecule has 7 nitrogen and oxygen atoms in total. The van der Waals surface area contributed by atoms with Crippen molar-refractivity contribution in [3.8, 4) is 11.3 Å². The smallest absolute Gasteiger partial charge is 0.274 e. The van der Waals surface area contributed by atoms with Gasteiger partial charge < -0.3 is 15.2 Å². The van der Waals surface area contributed by atoms with Gasteiger partial charge in [0.05, 0.1) is 0 Å². The summed E-state index contributed by atoms with van der Waals surface area (Å²) in [4.78, 5) is 29.8. The van der Waals surface area contributed by atoms with Crippen molar-refractivity contribution in [3.63, 3.8) is 0 Å². The van der Waals surface area contributed by atoms with E-state index in [0.717, 1.165) is 16.7 Å². The molecule has 1 unspecified atom stereocenters. The minimum atomic E-state index is -0.884. The Labute approximate surface area is 185 Å². The number of carbonyl (C=O) groups excluding carboxylic acids is 2. The van der Waals surface area contributed by atoms with Crippen LogP contribution in [0.25, 0.3) is 11.3 Å². The van der Waals surface area contributed by atoms with Crippen LogP contribution in [-0.2, 0) is 11.3 Å². The maximum atomic E-state index is 13.0. The summed E-state index contributed by atoms with van der Waals surface area (Å²) >= 11 is 0. The van der Waals surface area contributed by atoms with Crippen molar-refractivity contribution < 1.29 is 14.1 Å². The van der Waals surface area contributed by atoms with Gasteiger partial charge in [-0.25, -0.2) is 0 Å². The van der Waals surface area contributed by atoms with Gasteiger partial charge in [0.1, 0.15) is 6.04 Å². The summed E-state index contributed by atoms with van der Waals surface area (Å²) in [6.07, 6.45) is 3.32. The van der Waals surface area contributed by atoms with Crippen molar-refractivity contribution in [2.24, 2.45) is 0 Å². The lowest BCUT2D eigenvalue weighted by atomic mass is 10.1. The molecule has 2 amide bonds. The Kier molecular flexibility index (Phi) is 6.36. The average Bonchev–Trinajstić information content (AvgIpc) is 3.33. The van der Waals surface area contributed by atoms with Crippen molar-refractivity contribution >= 4 is 11.8 Å². The lowest BCUT2D eigenvalue weighted by Gasteiger charge is -2.18. The summed E-state index contributed by atoms with van der Waals surface area (Å²) < 4.78 is 5.35. The van der Waals surface area contributed by atoms with Crippen LogP contribution in [0.15, 0.2) is 89.7 Å². The van der Waals surface area contributed by atoms with Crippen LogP contribution in [0.5, 0.6) is 0 Å². The molecule has 0 saturated heterocycles. The number of nitrogens with one attached hydrogen (secondary N) is 2. The highest BCUT2D eigenvalue weighted by Gasteiger charge is 2.25. The number of benzene rings is 2. The largest absolute Gasteiger partial charge is 0.355 e. The van der Waals surface area contributed by atoms with Crippen LogP contribution in [0.3, 0.4) is 0 Å². The predicted octanol–water partition coefficient (Wildman–Crippen LogP) is 3.83. The first-order chi connectivity index (χ1) is 15.6. The molecule has 160 valence electrons. The van der Waals surface area contributed by atoms with Crippen LogP contribution in [-0.4, -0.2) is 22.0 Å². The summed E-state index contributed by atoms with van der Waals surface area (Å²) in [5, 5.41) is 9.53. The fraction of sp³-hybridized carbons (Fsp3) is 0.120. The standard InChI is InChI=1S/C25H22N4O3/c1-17-7-9-19(10-8-17)22-15-21(29-32-22)24(30)28-23(20-5-3-2-4-6-20)25(31)27-16-18-11-13-26-14-12-18/h2-15,23H,16H2,1H3,(H,27,31)(H,28,30). The van der Waals surface area contributed by atoms with Crippen LogP contribution in [0.4, 0.5) is 0 Å². The molecule has 2 aromatic heterocycles. The van der Waals surface area contributed by atoms with Gasteiger partial charge in [0, 0.05) is 30.6 Å². The van der Waals surface area contributed by atoms with Gasteiger partial charge >= 0.3 is 0 Å². The predicted molar refractivity (Wildman–Crippen MR) is 119 cm³/mol. The molecular formula is C25H22N4O3. The van der Waals surface area contributed by atoms with Crippen LogP contribution < -0.4 is 10.6 Å². The van der Waals surface area contributed by atoms with E-state index in [4.69, 9.17) is 4.52 Å². The molecule has 1 atom stereocenters. The number of pyridine rings is 1. The van der Waals surface area contributed by atoms with E-state index in [0.29, 0.717) is 17.9 Å². The van der Waals surface area contributed by atoms with Gasteiger partial charge in [0.2, 0.25) is 5.91 Å². The number of carbonyl (C=O) groups is 2. The molecule has 0 aliphatic carbocycles. The fourth-order valence-corrected chi connectivity index (χ4v) is 3.18. The number of hydrogen-bond donors (Lipinski definition) is 2. The number of aromatic nitrogens is 2. The number of rotatable bonds is 7. The Hall–Kier alpha value is -4.26. The zero-order chi connectivity index (χ0) is 22.3.